The molecule has 1 amide bonds. The summed E-state index contributed by atoms with van der Waals surface area (Å²) in [6, 6.07) is 6.25. The Labute approximate surface area is 240 Å². The van der Waals surface area contributed by atoms with Gasteiger partial charge in [0.2, 0.25) is 0 Å². The van der Waals surface area contributed by atoms with Gasteiger partial charge in [0.05, 0.1) is 22.9 Å². The number of alkyl halides is 6. The molecule has 1 heterocycles. The molecule has 6 nitrogen and oxygen atoms in total. The van der Waals surface area contributed by atoms with Crippen LogP contribution >= 0.6 is 0 Å². The van der Waals surface area contributed by atoms with Crippen molar-refractivity contribution in [1.29, 1.82) is 0 Å². The van der Waals surface area contributed by atoms with Crippen LogP contribution in [0.1, 0.15) is 93.7 Å². The largest absolute Gasteiger partial charge is 0.439 e. The summed E-state index contributed by atoms with van der Waals surface area (Å²) in [6.45, 7) is 9.97. The Kier molecular flexibility index (Phi) is 8.41. The van der Waals surface area contributed by atoms with Gasteiger partial charge in [-0.3, -0.25) is 4.90 Å². The van der Waals surface area contributed by atoms with Gasteiger partial charge in [-0.25, -0.2) is 4.79 Å². The maximum Gasteiger partial charge on any atom is 0.416 e. The van der Waals surface area contributed by atoms with Gasteiger partial charge in [-0.15, -0.1) is 5.11 Å². The minimum atomic E-state index is -5.02. The van der Waals surface area contributed by atoms with Crippen LogP contribution in [0.4, 0.5) is 36.8 Å². The number of rotatable bonds is 6. The summed E-state index contributed by atoms with van der Waals surface area (Å²) in [6.07, 6.45) is -10.0. The molecule has 0 aromatic heterocycles. The number of ether oxygens (including phenoxy) is 1. The first-order valence-electron chi connectivity index (χ1n) is 13.6. The molecule has 0 unspecified atom stereocenters. The first-order chi connectivity index (χ1) is 19.4. The van der Waals surface area contributed by atoms with E-state index in [2.05, 4.69) is 38.0 Å². The fourth-order valence-electron chi connectivity index (χ4n) is 5.70. The average molecular weight is 597 g/mol. The third-order valence-corrected chi connectivity index (χ3v) is 8.04. The second-order valence-corrected chi connectivity index (χ2v) is 12.1. The number of nitrogens with two attached hydrogens (primary N) is 1. The normalized spacial score (nSPS) is 21.5. The quantitative estimate of drug-likeness (QED) is 0.156. The Hall–Kier alpha value is -3.57. The standard InChI is InChI=1S/C30H34F6N4O2/c1-16(2)18-6-7-25(38-39-37)24(12-18)23-8-9-28(4,5)14-20(23)15-40-17(3)26(42-27(40)41)19-10-21(29(31,32)33)13-22(11-19)30(34,35)36/h6-7,10-13,16-17,26H,8-9,14-15H2,1-5H3,(H2,37,38)/t17-,26-/m0/s1. The summed E-state index contributed by atoms with van der Waals surface area (Å²) in [5.41, 5.74) is 0.924. The van der Waals surface area contributed by atoms with Crippen LogP contribution in [0.3, 0.4) is 0 Å². The minimum absolute atomic E-state index is 0.0610. The Morgan fingerprint density at radius 3 is 2.21 bits per heavy atom. The van der Waals surface area contributed by atoms with E-state index in [-0.39, 0.29) is 29.5 Å². The van der Waals surface area contributed by atoms with Gasteiger partial charge in [0.15, 0.2) is 0 Å². The lowest BCUT2D eigenvalue weighted by molar-refractivity contribution is -0.143. The summed E-state index contributed by atoms with van der Waals surface area (Å²) in [4.78, 5) is 14.5. The molecule has 0 radical (unpaired) electrons. The molecule has 2 aromatic carbocycles. The molecular weight excluding hydrogens is 562 g/mol. The van der Waals surface area contributed by atoms with Crippen LogP contribution in [0.25, 0.3) is 5.57 Å². The number of carbonyl (C=O) groups is 1. The highest BCUT2D eigenvalue weighted by Gasteiger charge is 2.44. The van der Waals surface area contributed by atoms with E-state index in [1.807, 2.05) is 18.2 Å². The van der Waals surface area contributed by atoms with Crippen LogP contribution in [-0.2, 0) is 17.1 Å². The Morgan fingerprint density at radius 2 is 1.67 bits per heavy atom. The molecule has 12 heteroatoms. The van der Waals surface area contributed by atoms with Crippen LogP contribution in [0.5, 0.6) is 0 Å². The zero-order chi connectivity index (χ0) is 31.2. The fourth-order valence-corrected chi connectivity index (χ4v) is 5.70. The second kappa shape index (κ2) is 11.3. The number of amides is 1. The third-order valence-electron chi connectivity index (χ3n) is 8.04. The van der Waals surface area contributed by atoms with E-state index in [0.29, 0.717) is 30.7 Å². The van der Waals surface area contributed by atoms with Crippen molar-refractivity contribution in [2.75, 3.05) is 6.54 Å². The molecule has 0 saturated carbocycles. The molecule has 2 aromatic rings. The van der Waals surface area contributed by atoms with Gasteiger partial charge in [-0.1, -0.05) is 39.0 Å². The monoisotopic (exact) mass is 596 g/mol. The topological polar surface area (TPSA) is 80.3 Å². The summed E-state index contributed by atoms with van der Waals surface area (Å²) >= 11 is 0. The molecule has 1 saturated heterocycles. The Bertz CT molecular complexity index is 1380. The molecule has 42 heavy (non-hydrogen) atoms. The van der Waals surface area contributed by atoms with Crippen molar-refractivity contribution in [3.8, 4) is 0 Å². The summed E-state index contributed by atoms with van der Waals surface area (Å²) in [7, 11) is 0. The lowest BCUT2D eigenvalue weighted by Crippen LogP contribution is -2.35. The highest BCUT2D eigenvalue weighted by atomic mass is 19.4. The molecule has 2 aliphatic rings. The maximum absolute atomic E-state index is 13.5. The average Bonchev–Trinajstić information content (AvgIpc) is 3.16. The zero-order valence-corrected chi connectivity index (χ0v) is 24.0. The number of halogens is 6. The van der Waals surface area contributed by atoms with Crippen LogP contribution in [-0.4, -0.2) is 23.6 Å². The van der Waals surface area contributed by atoms with Crippen molar-refractivity contribution in [3.05, 3.63) is 69.8 Å². The number of cyclic esters (lactones) is 1. The highest BCUT2D eigenvalue weighted by Crippen LogP contribution is 2.47. The van der Waals surface area contributed by atoms with Gasteiger partial charge >= 0.3 is 18.4 Å². The van der Waals surface area contributed by atoms with Gasteiger partial charge in [0, 0.05) is 12.1 Å². The molecule has 1 fully saturated rings. The second-order valence-electron chi connectivity index (χ2n) is 12.1. The van der Waals surface area contributed by atoms with Gasteiger partial charge in [-0.05, 0) is 90.1 Å². The van der Waals surface area contributed by atoms with Crippen molar-refractivity contribution in [1.82, 2.24) is 4.90 Å². The number of hydrogen-bond donors (Lipinski definition) is 1. The SMILES string of the molecule is CC(C)c1ccc(N=NN)c(C2=C(CN3C(=O)O[C@H](c4cc(C(F)(F)F)cc(C(F)(F)F)c4)[C@@H]3C)CC(C)(C)CC2)c1. The third kappa shape index (κ3) is 6.57. The van der Waals surface area contributed by atoms with Gasteiger partial charge in [0.25, 0.3) is 0 Å². The molecule has 2 N–H and O–H groups in total. The van der Waals surface area contributed by atoms with Crippen molar-refractivity contribution < 1.29 is 35.9 Å². The van der Waals surface area contributed by atoms with E-state index in [4.69, 9.17) is 10.6 Å². The fraction of sp³-hybridized carbons (Fsp3) is 0.500. The Balaban J connectivity index is 1.76. The van der Waals surface area contributed by atoms with Crippen molar-refractivity contribution in [2.24, 2.45) is 21.6 Å². The van der Waals surface area contributed by atoms with E-state index in [0.717, 1.165) is 28.7 Å². The van der Waals surface area contributed by atoms with Crippen molar-refractivity contribution in [3.63, 3.8) is 0 Å². The molecule has 2 atom stereocenters. The first-order valence-corrected chi connectivity index (χ1v) is 13.6. The summed E-state index contributed by atoms with van der Waals surface area (Å²) < 4.78 is 86.5. The molecule has 4 rings (SSSR count). The lowest BCUT2D eigenvalue weighted by atomic mass is 9.72. The number of benzene rings is 2. The molecule has 228 valence electrons. The van der Waals surface area contributed by atoms with E-state index in [1.54, 1.807) is 6.92 Å². The van der Waals surface area contributed by atoms with E-state index < -0.39 is 41.7 Å². The van der Waals surface area contributed by atoms with Gasteiger partial charge < -0.3 is 10.6 Å². The van der Waals surface area contributed by atoms with Crippen LogP contribution in [0, 0.1) is 5.41 Å². The van der Waals surface area contributed by atoms with Crippen LogP contribution < -0.4 is 5.84 Å². The number of carbonyl (C=O) groups excluding carboxylic acids is 1. The smallest absolute Gasteiger partial charge is 0.416 e. The zero-order valence-electron chi connectivity index (χ0n) is 24.0. The number of allylic oxidation sites excluding steroid dienone is 1. The molecule has 0 bridgehead atoms. The summed E-state index contributed by atoms with van der Waals surface area (Å²) in [5, 5.41) is 7.57. The first kappa shape index (κ1) is 31.4. The molecule has 1 aliphatic heterocycles. The van der Waals surface area contributed by atoms with Crippen molar-refractivity contribution in [2.45, 2.75) is 84.3 Å². The van der Waals surface area contributed by atoms with Crippen LogP contribution in [0.15, 0.2) is 52.3 Å². The van der Waals surface area contributed by atoms with E-state index in [1.165, 1.54) is 4.90 Å². The number of hydrogen-bond acceptors (Lipinski definition) is 4. The van der Waals surface area contributed by atoms with E-state index in [9.17, 15) is 31.1 Å². The predicted molar refractivity (Wildman–Crippen MR) is 146 cm³/mol. The predicted octanol–water partition coefficient (Wildman–Crippen LogP) is 9.35. The van der Waals surface area contributed by atoms with Gasteiger partial charge in [0.1, 0.15) is 6.10 Å². The maximum atomic E-state index is 13.5. The summed E-state index contributed by atoms with van der Waals surface area (Å²) in [5.74, 6) is 5.60. The molecular formula is C30H34F6N4O2. The minimum Gasteiger partial charge on any atom is -0.439 e. The van der Waals surface area contributed by atoms with Crippen LogP contribution in [0.2, 0.25) is 0 Å². The molecule has 1 aliphatic carbocycles. The number of nitrogens with zero attached hydrogens (tertiary/aromatic N) is 3. The van der Waals surface area contributed by atoms with Crippen molar-refractivity contribution >= 4 is 17.4 Å². The Morgan fingerprint density at radius 1 is 1.05 bits per heavy atom. The van der Waals surface area contributed by atoms with E-state index >= 15 is 0 Å². The lowest BCUT2D eigenvalue weighted by Gasteiger charge is -2.36. The highest BCUT2D eigenvalue weighted by molar-refractivity contribution is 5.79. The van der Waals surface area contributed by atoms with Gasteiger partial charge in [-0.2, -0.15) is 26.3 Å². The molecule has 0 spiro atoms.